The number of benzene rings is 1. The van der Waals surface area contributed by atoms with E-state index in [0.29, 0.717) is 38.9 Å². The van der Waals surface area contributed by atoms with Gasteiger partial charge in [0.15, 0.2) is 0 Å². The average molecular weight is 465 g/mol. The number of hydrogen-bond donors (Lipinski definition) is 1. The van der Waals surface area contributed by atoms with Gasteiger partial charge >= 0.3 is 0 Å². The van der Waals surface area contributed by atoms with E-state index in [-0.39, 0.29) is 30.3 Å². The minimum absolute atomic E-state index is 0.115. The van der Waals surface area contributed by atoms with Crippen LogP contribution in [0.15, 0.2) is 40.8 Å². The molecule has 2 aromatic heterocycles. The van der Waals surface area contributed by atoms with Crippen LogP contribution in [0.3, 0.4) is 0 Å². The first kappa shape index (κ1) is 20.8. The molecule has 0 saturated carbocycles. The summed E-state index contributed by atoms with van der Waals surface area (Å²) in [5.41, 5.74) is 0.320. The smallest absolute Gasteiger partial charge is 0.262 e. The lowest BCUT2D eigenvalue weighted by molar-refractivity contribution is -0.136. The molecule has 2 amide bonds. The van der Waals surface area contributed by atoms with Crippen LogP contribution in [0.4, 0.5) is 5.69 Å². The number of carbonyl (C=O) groups excluding carboxylic acids is 2. The Kier molecular flexibility index (Phi) is 6.08. The molecule has 0 bridgehead atoms. The highest BCUT2D eigenvalue weighted by atomic mass is 35.5. The molecule has 1 unspecified atom stereocenters. The van der Waals surface area contributed by atoms with Crippen molar-refractivity contribution in [2.24, 2.45) is 0 Å². The van der Waals surface area contributed by atoms with Gasteiger partial charge in [0.2, 0.25) is 11.8 Å². The monoisotopic (exact) mass is 464 g/mol. The SMILES string of the molecule is O=C(Nc1cc(Cl)cc(Cl)c1)C1CCCN1C(=O)CCn1cnc2sccc2c1=O. The van der Waals surface area contributed by atoms with Gasteiger partial charge < -0.3 is 10.2 Å². The maximum Gasteiger partial charge on any atom is 0.262 e. The van der Waals surface area contributed by atoms with E-state index >= 15 is 0 Å². The molecular weight excluding hydrogens is 447 g/mol. The van der Waals surface area contributed by atoms with Crippen molar-refractivity contribution in [2.45, 2.75) is 31.8 Å². The number of anilines is 1. The van der Waals surface area contributed by atoms with E-state index in [4.69, 9.17) is 23.2 Å². The van der Waals surface area contributed by atoms with Gasteiger partial charge in [0.05, 0.1) is 11.7 Å². The summed E-state index contributed by atoms with van der Waals surface area (Å²) in [6.45, 7) is 0.717. The number of halogens is 2. The zero-order valence-electron chi connectivity index (χ0n) is 15.8. The molecule has 10 heteroatoms. The number of aromatic nitrogens is 2. The fourth-order valence-electron chi connectivity index (χ4n) is 3.60. The van der Waals surface area contributed by atoms with Gasteiger partial charge in [-0.1, -0.05) is 23.2 Å². The lowest BCUT2D eigenvalue weighted by Crippen LogP contribution is -2.43. The predicted molar refractivity (Wildman–Crippen MR) is 118 cm³/mol. The van der Waals surface area contributed by atoms with Gasteiger partial charge in [0.25, 0.3) is 5.56 Å². The largest absolute Gasteiger partial charge is 0.331 e. The number of rotatable bonds is 5. The molecule has 0 aliphatic carbocycles. The van der Waals surface area contributed by atoms with E-state index in [1.54, 1.807) is 29.2 Å². The van der Waals surface area contributed by atoms with Crippen molar-refractivity contribution in [2.75, 3.05) is 11.9 Å². The van der Waals surface area contributed by atoms with Crippen LogP contribution in [0.1, 0.15) is 19.3 Å². The van der Waals surface area contributed by atoms with Crippen molar-refractivity contribution in [3.8, 4) is 0 Å². The second kappa shape index (κ2) is 8.75. The predicted octanol–water partition coefficient (Wildman–Crippen LogP) is 3.78. The molecule has 1 saturated heterocycles. The van der Waals surface area contributed by atoms with Gasteiger partial charge in [0.1, 0.15) is 10.9 Å². The molecule has 3 heterocycles. The van der Waals surface area contributed by atoms with Crippen LogP contribution in [-0.4, -0.2) is 38.9 Å². The van der Waals surface area contributed by atoms with Crippen LogP contribution in [0.25, 0.3) is 10.2 Å². The fourth-order valence-corrected chi connectivity index (χ4v) is 4.85. The molecule has 0 radical (unpaired) electrons. The minimum atomic E-state index is -0.565. The van der Waals surface area contributed by atoms with E-state index in [0.717, 1.165) is 6.42 Å². The number of fused-ring (bicyclic) bond motifs is 1. The standard InChI is InChI=1S/C20H18Cl2N4O3S/c21-12-8-13(22)10-14(9-12)24-18(28)16-2-1-5-26(16)17(27)3-6-25-11-23-19-15(20(25)29)4-7-30-19/h4,7-11,16H,1-3,5-6H2,(H,24,28). The van der Waals surface area contributed by atoms with Crippen LogP contribution < -0.4 is 10.9 Å². The number of nitrogens with zero attached hydrogens (tertiary/aromatic N) is 3. The summed E-state index contributed by atoms with van der Waals surface area (Å²) in [5.74, 6) is -0.452. The van der Waals surface area contributed by atoms with Crippen molar-refractivity contribution in [3.05, 3.63) is 56.4 Å². The third-order valence-electron chi connectivity index (χ3n) is 5.02. The number of amides is 2. The Balaban J connectivity index is 1.42. The first-order valence-electron chi connectivity index (χ1n) is 9.41. The molecular formula is C20H18Cl2N4O3S. The van der Waals surface area contributed by atoms with E-state index in [2.05, 4.69) is 10.3 Å². The highest BCUT2D eigenvalue weighted by Gasteiger charge is 2.33. The molecule has 3 aromatic rings. The third-order valence-corrected chi connectivity index (χ3v) is 6.28. The van der Waals surface area contributed by atoms with Crippen LogP contribution >= 0.6 is 34.5 Å². The van der Waals surface area contributed by atoms with Crippen molar-refractivity contribution in [1.82, 2.24) is 14.5 Å². The number of aryl methyl sites for hydroxylation is 1. The molecule has 1 aromatic carbocycles. The average Bonchev–Trinajstić information content (AvgIpc) is 3.36. The summed E-state index contributed by atoms with van der Waals surface area (Å²) in [4.78, 5) is 44.5. The number of carbonyl (C=O) groups is 2. The van der Waals surface area contributed by atoms with Crippen LogP contribution in [0, 0.1) is 0 Å². The van der Waals surface area contributed by atoms with Gasteiger partial charge in [-0.3, -0.25) is 19.0 Å². The summed E-state index contributed by atoms with van der Waals surface area (Å²) >= 11 is 13.4. The second-order valence-corrected chi connectivity index (χ2v) is 8.79. The van der Waals surface area contributed by atoms with Gasteiger partial charge in [-0.2, -0.15) is 0 Å². The summed E-state index contributed by atoms with van der Waals surface area (Å²) in [5, 5.41) is 5.98. The van der Waals surface area contributed by atoms with Crippen LogP contribution in [0.5, 0.6) is 0 Å². The van der Waals surface area contributed by atoms with Crippen molar-refractivity contribution >= 4 is 62.3 Å². The van der Waals surface area contributed by atoms with Gasteiger partial charge in [-0.05, 0) is 42.5 Å². The Morgan fingerprint density at radius 1 is 1.23 bits per heavy atom. The molecule has 1 atom stereocenters. The minimum Gasteiger partial charge on any atom is -0.331 e. The molecule has 4 rings (SSSR count). The van der Waals surface area contributed by atoms with E-state index in [1.165, 1.54) is 22.2 Å². The van der Waals surface area contributed by atoms with Crippen molar-refractivity contribution < 1.29 is 9.59 Å². The normalized spacial score (nSPS) is 16.2. The number of thiophene rings is 1. The fraction of sp³-hybridized carbons (Fsp3) is 0.300. The molecule has 156 valence electrons. The highest BCUT2D eigenvalue weighted by molar-refractivity contribution is 7.16. The number of hydrogen-bond acceptors (Lipinski definition) is 5. The Morgan fingerprint density at radius 3 is 2.77 bits per heavy atom. The molecule has 1 aliphatic heterocycles. The van der Waals surface area contributed by atoms with E-state index in [9.17, 15) is 14.4 Å². The van der Waals surface area contributed by atoms with E-state index < -0.39 is 6.04 Å². The summed E-state index contributed by atoms with van der Waals surface area (Å²) in [6.07, 6.45) is 2.90. The highest BCUT2D eigenvalue weighted by Crippen LogP contribution is 2.25. The maximum absolute atomic E-state index is 12.8. The van der Waals surface area contributed by atoms with Crippen molar-refractivity contribution in [1.29, 1.82) is 0 Å². The molecule has 1 fully saturated rings. The van der Waals surface area contributed by atoms with Gasteiger partial charge in [-0.15, -0.1) is 11.3 Å². The number of nitrogens with one attached hydrogen (secondary N) is 1. The van der Waals surface area contributed by atoms with Gasteiger partial charge in [-0.25, -0.2) is 4.98 Å². The molecule has 30 heavy (non-hydrogen) atoms. The summed E-state index contributed by atoms with van der Waals surface area (Å²) in [6, 6.07) is 5.95. The molecule has 1 N–H and O–H groups in total. The summed E-state index contributed by atoms with van der Waals surface area (Å²) in [7, 11) is 0. The molecule has 0 spiro atoms. The quantitative estimate of drug-likeness (QED) is 0.622. The first-order chi connectivity index (χ1) is 14.4. The lowest BCUT2D eigenvalue weighted by Gasteiger charge is -2.24. The maximum atomic E-state index is 12.8. The third kappa shape index (κ3) is 4.35. The second-order valence-electron chi connectivity index (χ2n) is 7.03. The first-order valence-corrected chi connectivity index (χ1v) is 11.0. The van der Waals surface area contributed by atoms with Crippen molar-refractivity contribution in [3.63, 3.8) is 0 Å². The zero-order valence-corrected chi connectivity index (χ0v) is 18.1. The number of likely N-dealkylation sites (tertiary alicyclic amines) is 1. The van der Waals surface area contributed by atoms with E-state index in [1.807, 2.05) is 5.38 Å². The zero-order chi connectivity index (χ0) is 21.3. The Labute approximate surface area is 186 Å². The Hall–Kier alpha value is -2.42. The lowest BCUT2D eigenvalue weighted by atomic mass is 10.2. The molecule has 7 nitrogen and oxygen atoms in total. The Bertz CT molecular complexity index is 1160. The van der Waals surface area contributed by atoms with Crippen LogP contribution in [0.2, 0.25) is 10.0 Å². The molecule has 1 aliphatic rings. The van der Waals surface area contributed by atoms with Crippen LogP contribution in [-0.2, 0) is 16.1 Å². The Morgan fingerprint density at radius 2 is 2.00 bits per heavy atom. The van der Waals surface area contributed by atoms with Gasteiger partial charge in [0, 0.05) is 35.2 Å². The summed E-state index contributed by atoms with van der Waals surface area (Å²) < 4.78 is 1.44. The topological polar surface area (TPSA) is 84.3 Å².